The van der Waals surface area contributed by atoms with E-state index in [0.29, 0.717) is 39.2 Å². The fraction of sp³-hybridized carbons (Fsp3) is 0.567. The maximum Gasteiger partial charge on any atom is 0.409 e. The summed E-state index contributed by atoms with van der Waals surface area (Å²) in [6.45, 7) is 8.51. The molecule has 0 radical (unpaired) electrons. The molecule has 2 atom stereocenters. The van der Waals surface area contributed by atoms with E-state index in [1.165, 1.54) is 0 Å². The molecule has 5 rings (SSSR count). The number of allylic oxidation sites excluding steroid dienone is 3. The maximum absolute atomic E-state index is 13.8. The molecule has 2 aliphatic carbocycles. The van der Waals surface area contributed by atoms with Gasteiger partial charge >= 0.3 is 6.09 Å². The van der Waals surface area contributed by atoms with Crippen molar-refractivity contribution in [3.8, 4) is 0 Å². The first-order chi connectivity index (χ1) is 18.3. The first-order valence-corrected chi connectivity index (χ1v) is 14.0. The Labute approximate surface area is 225 Å². The molecule has 4 aliphatic rings. The first kappa shape index (κ1) is 26.3. The number of ether oxygens (including phenoxy) is 1. The van der Waals surface area contributed by atoms with Gasteiger partial charge in [-0.2, -0.15) is 0 Å². The number of nitrogens with one attached hydrogen (secondary N) is 1. The summed E-state index contributed by atoms with van der Waals surface area (Å²) in [5, 5.41) is 3.65. The molecule has 204 valence electrons. The summed E-state index contributed by atoms with van der Waals surface area (Å²) in [4.78, 5) is 45.4. The lowest BCUT2D eigenvalue weighted by atomic mass is 9.71. The number of piperazine rings is 1. The topological polar surface area (TPSA) is 82.2 Å². The maximum atomic E-state index is 13.8. The smallest absolute Gasteiger partial charge is 0.409 e. The standard InChI is InChI=1S/C30H40N4O4/c1-4-38-29(37)33-16-14-32(15-17-33)26(36)20-34-24-13-9-8-12-22(24)31-23-18-30(2,3)19-25(35)27(23)28(34)21-10-6-5-7-11-21/h5-6,8-9,12-13,21,28,31H,4,7,10-11,14-20H2,1-3H3. The van der Waals surface area contributed by atoms with Crippen molar-refractivity contribution >= 4 is 29.2 Å². The number of anilines is 2. The Kier molecular flexibility index (Phi) is 7.50. The van der Waals surface area contributed by atoms with Crippen molar-refractivity contribution in [2.75, 3.05) is 49.5 Å². The van der Waals surface area contributed by atoms with Crippen molar-refractivity contribution in [3.63, 3.8) is 0 Å². The van der Waals surface area contributed by atoms with Gasteiger partial charge in [0.2, 0.25) is 5.91 Å². The number of benzene rings is 1. The second-order valence-corrected chi connectivity index (χ2v) is 11.7. The molecule has 1 aromatic carbocycles. The van der Waals surface area contributed by atoms with Crippen LogP contribution in [0, 0.1) is 11.3 Å². The molecule has 0 aromatic heterocycles. The van der Waals surface area contributed by atoms with E-state index >= 15 is 0 Å². The monoisotopic (exact) mass is 520 g/mol. The van der Waals surface area contributed by atoms with Gasteiger partial charge in [-0.05, 0) is 56.1 Å². The highest BCUT2D eigenvalue weighted by Gasteiger charge is 2.44. The summed E-state index contributed by atoms with van der Waals surface area (Å²) < 4.78 is 5.13. The zero-order chi connectivity index (χ0) is 26.9. The molecule has 1 fully saturated rings. The van der Waals surface area contributed by atoms with E-state index in [4.69, 9.17) is 4.74 Å². The Morgan fingerprint density at radius 3 is 2.50 bits per heavy atom. The average molecular weight is 521 g/mol. The second kappa shape index (κ2) is 10.8. The lowest BCUT2D eigenvalue weighted by Gasteiger charge is -2.43. The van der Waals surface area contributed by atoms with Gasteiger partial charge in [0.05, 0.1) is 30.6 Å². The van der Waals surface area contributed by atoms with Crippen molar-refractivity contribution in [1.82, 2.24) is 9.80 Å². The van der Waals surface area contributed by atoms with Crippen molar-refractivity contribution < 1.29 is 19.1 Å². The SMILES string of the molecule is CCOC(=O)N1CCN(C(=O)CN2c3ccccc3NC3=C(C(=O)CC(C)(C)C3)C2C2CC=CCC2)CC1. The van der Waals surface area contributed by atoms with Gasteiger partial charge in [0.25, 0.3) is 0 Å². The van der Waals surface area contributed by atoms with Gasteiger partial charge in [-0.3, -0.25) is 9.59 Å². The minimum Gasteiger partial charge on any atom is -0.450 e. The molecule has 1 saturated heterocycles. The number of hydrogen-bond donors (Lipinski definition) is 1. The first-order valence-electron chi connectivity index (χ1n) is 14.0. The molecule has 1 N–H and O–H groups in total. The quantitative estimate of drug-likeness (QED) is 0.585. The third kappa shape index (κ3) is 5.31. The lowest BCUT2D eigenvalue weighted by Crippen LogP contribution is -2.55. The predicted octanol–water partition coefficient (Wildman–Crippen LogP) is 4.59. The Morgan fingerprint density at radius 2 is 1.79 bits per heavy atom. The Morgan fingerprint density at radius 1 is 1.05 bits per heavy atom. The number of nitrogens with zero attached hydrogens (tertiary/aromatic N) is 3. The van der Waals surface area contributed by atoms with E-state index < -0.39 is 0 Å². The van der Waals surface area contributed by atoms with Crippen LogP contribution in [0.5, 0.6) is 0 Å². The number of carbonyl (C=O) groups excluding carboxylic acids is 3. The number of para-hydroxylation sites is 2. The van der Waals surface area contributed by atoms with Crippen LogP contribution in [0.15, 0.2) is 47.7 Å². The van der Waals surface area contributed by atoms with Crippen molar-refractivity contribution in [1.29, 1.82) is 0 Å². The Balaban J connectivity index is 1.47. The third-order valence-corrected chi connectivity index (χ3v) is 8.27. The van der Waals surface area contributed by atoms with Crippen LogP contribution in [0.4, 0.5) is 16.2 Å². The summed E-state index contributed by atoms with van der Waals surface area (Å²) >= 11 is 0. The van der Waals surface area contributed by atoms with Crippen LogP contribution >= 0.6 is 0 Å². The highest BCUT2D eigenvalue weighted by Crippen LogP contribution is 2.46. The average Bonchev–Trinajstić information content (AvgIpc) is 3.03. The van der Waals surface area contributed by atoms with E-state index in [0.717, 1.165) is 48.3 Å². The van der Waals surface area contributed by atoms with E-state index in [9.17, 15) is 14.4 Å². The summed E-state index contributed by atoms with van der Waals surface area (Å²) in [7, 11) is 0. The van der Waals surface area contributed by atoms with Gasteiger partial charge in [0.1, 0.15) is 0 Å². The minimum absolute atomic E-state index is 0.0206. The molecule has 2 heterocycles. The molecular weight excluding hydrogens is 480 g/mol. The van der Waals surface area contributed by atoms with E-state index in [2.05, 4.69) is 42.3 Å². The summed E-state index contributed by atoms with van der Waals surface area (Å²) in [6.07, 6.45) is 8.30. The molecule has 2 unspecified atom stereocenters. The summed E-state index contributed by atoms with van der Waals surface area (Å²) in [5.41, 5.74) is 3.67. The molecule has 0 saturated carbocycles. The zero-order valence-corrected chi connectivity index (χ0v) is 22.9. The molecule has 0 spiro atoms. The Hall–Kier alpha value is -3.29. The van der Waals surface area contributed by atoms with Crippen LogP contribution in [0.25, 0.3) is 0 Å². The second-order valence-electron chi connectivity index (χ2n) is 11.7. The molecule has 38 heavy (non-hydrogen) atoms. The van der Waals surface area contributed by atoms with Crippen LogP contribution in [0.2, 0.25) is 0 Å². The molecule has 8 heteroatoms. The number of hydrogen-bond acceptors (Lipinski definition) is 6. The van der Waals surface area contributed by atoms with Gasteiger partial charge in [0, 0.05) is 43.9 Å². The third-order valence-electron chi connectivity index (χ3n) is 8.27. The molecule has 0 bridgehead atoms. The van der Waals surface area contributed by atoms with E-state index in [1.807, 2.05) is 23.1 Å². The molecule has 8 nitrogen and oxygen atoms in total. The van der Waals surface area contributed by atoms with Crippen molar-refractivity contribution in [2.45, 2.75) is 58.9 Å². The highest BCUT2D eigenvalue weighted by molar-refractivity contribution is 6.01. The molecule has 2 amide bonds. The van der Waals surface area contributed by atoms with Crippen LogP contribution < -0.4 is 10.2 Å². The van der Waals surface area contributed by atoms with Gasteiger partial charge < -0.3 is 24.8 Å². The largest absolute Gasteiger partial charge is 0.450 e. The fourth-order valence-electron chi connectivity index (χ4n) is 6.46. The fourth-order valence-corrected chi connectivity index (χ4v) is 6.46. The molecule has 2 aliphatic heterocycles. The van der Waals surface area contributed by atoms with Gasteiger partial charge in [-0.15, -0.1) is 0 Å². The van der Waals surface area contributed by atoms with Gasteiger partial charge in [0.15, 0.2) is 5.78 Å². The van der Waals surface area contributed by atoms with Crippen LogP contribution in [-0.2, 0) is 14.3 Å². The Bertz CT molecular complexity index is 1150. The molecular formula is C30H40N4O4. The summed E-state index contributed by atoms with van der Waals surface area (Å²) in [6, 6.07) is 7.95. The minimum atomic E-state index is -0.323. The number of ketones is 1. The van der Waals surface area contributed by atoms with Crippen LogP contribution in [-0.4, -0.2) is 73.0 Å². The number of rotatable bonds is 4. The molecule has 1 aromatic rings. The number of fused-ring (bicyclic) bond motifs is 1. The normalized spacial score (nSPS) is 24.8. The van der Waals surface area contributed by atoms with Crippen molar-refractivity contribution in [3.05, 3.63) is 47.7 Å². The van der Waals surface area contributed by atoms with Crippen molar-refractivity contribution in [2.24, 2.45) is 11.3 Å². The predicted molar refractivity (Wildman–Crippen MR) is 148 cm³/mol. The number of amides is 2. The van der Waals surface area contributed by atoms with Gasteiger partial charge in [-0.1, -0.05) is 38.1 Å². The van der Waals surface area contributed by atoms with Crippen LogP contribution in [0.1, 0.15) is 52.9 Å². The summed E-state index contributed by atoms with van der Waals surface area (Å²) in [5.74, 6) is 0.459. The number of carbonyl (C=O) groups is 3. The number of Topliss-reactive ketones (excluding diaryl/α,β-unsaturated/α-hetero) is 1. The zero-order valence-electron chi connectivity index (χ0n) is 22.9. The van der Waals surface area contributed by atoms with E-state index in [-0.39, 0.29) is 41.7 Å². The van der Waals surface area contributed by atoms with E-state index in [1.54, 1.807) is 11.8 Å². The van der Waals surface area contributed by atoms with Crippen LogP contribution in [0.3, 0.4) is 0 Å². The highest BCUT2D eigenvalue weighted by atomic mass is 16.6. The van der Waals surface area contributed by atoms with Gasteiger partial charge in [-0.25, -0.2) is 4.79 Å². The lowest BCUT2D eigenvalue weighted by molar-refractivity contribution is -0.131.